The van der Waals surface area contributed by atoms with Crippen molar-refractivity contribution in [2.45, 2.75) is 58.8 Å². The van der Waals surface area contributed by atoms with Gasteiger partial charge in [-0.3, -0.25) is 4.79 Å². The Bertz CT molecular complexity index is 198. The molecular formula is C15H31NO3. The molecule has 0 unspecified atom stereocenters. The number of unbranched alkanes of at least 4 members (excludes halogenated alkanes) is 4. The smallest absolute Gasteiger partial charge is 0.220 e. The Balaban J connectivity index is 3.10. The molecule has 0 aliphatic heterocycles. The summed E-state index contributed by atoms with van der Waals surface area (Å²) in [6.07, 6.45) is 7.46. The summed E-state index contributed by atoms with van der Waals surface area (Å²) in [6, 6.07) is 0. The first-order valence-electron chi connectivity index (χ1n) is 7.73. The lowest BCUT2D eigenvalue weighted by molar-refractivity contribution is -0.121. The van der Waals surface area contributed by atoms with Crippen molar-refractivity contribution in [3.8, 4) is 0 Å². The maximum atomic E-state index is 11.4. The van der Waals surface area contributed by atoms with Gasteiger partial charge in [-0.05, 0) is 12.8 Å². The van der Waals surface area contributed by atoms with Gasteiger partial charge in [-0.15, -0.1) is 0 Å². The minimum atomic E-state index is 0.138. The Kier molecular flexibility index (Phi) is 15.0. The third kappa shape index (κ3) is 15.3. The van der Waals surface area contributed by atoms with E-state index in [1.165, 1.54) is 12.8 Å². The van der Waals surface area contributed by atoms with E-state index in [0.29, 0.717) is 32.8 Å². The number of hydrogen-bond acceptors (Lipinski definition) is 3. The molecule has 0 spiro atoms. The molecule has 0 fully saturated rings. The second-order valence-corrected chi connectivity index (χ2v) is 4.74. The molecule has 19 heavy (non-hydrogen) atoms. The second kappa shape index (κ2) is 15.4. The molecule has 0 aliphatic rings. The molecule has 0 saturated heterocycles. The van der Waals surface area contributed by atoms with E-state index < -0.39 is 0 Å². The molecule has 1 N–H and O–H groups in total. The fraction of sp³-hybridized carbons (Fsp3) is 0.933. The molecule has 0 radical (unpaired) electrons. The van der Waals surface area contributed by atoms with Gasteiger partial charge in [0.15, 0.2) is 0 Å². The third-order valence-corrected chi connectivity index (χ3v) is 2.84. The molecule has 4 heteroatoms. The van der Waals surface area contributed by atoms with Crippen LogP contribution in [0.15, 0.2) is 0 Å². The van der Waals surface area contributed by atoms with Gasteiger partial charge >= 0.3 is 0 Å². The van der Waals surface area contributed by atoms with Crippen LogP contribution in [0.4, 0.5) is 0 Å². The van der Waals surface area contributed by atoms with Crippen molar-refractivity contribution in [1.82, 2.24) is 5.32 Å². The van der Waals surface area contributed by atoms with E-state index >= 15 is 0 Å². The van der Waals surface area contributed by atoms with Crippen molar-refractivity contribution in [2.75, 3.05) is 33.0 Å². The lowest BCUT2D eigenvalue weighted by Gasteiger charge is -2.07. The molecule has 0 aromatic rings. The summed E-state index contributed by atoms with van der Waals surface area (Å²) >= 11 is 0. The number of nitrogens with one attached hydrogen (secondary N) is 1. The molecule has 0 aromatic carbocycles. The average Bonchev–Trinajstić information content (AvgIpc) is 2.42. The normalized spacial score (nSPS) is 10.6. The van der Waals surface area contributed by atoms with Gasteiger partial charge in [0, 0.05) is 19.6 Å². The van der Waals surface area contributed by atoms with Gasteiger partial charge in [-0.1, -0.05) is 39.5 Å². The van der Waals surface area contributed by atoms with Crippen molar-refractivity contribution in [3.05, 3.63) is 0 Å². The van der Waals surface area contributed by atoms with Crippen LogP contribution in [0.5, 0.6) is 0 Å². The quantitative estimate of drug-likeness (QED) is 0.495. The van der Waals surface area contributed by atoms with Crippen molar-refractivity contribution in [3.63, 3.8) is 0 Å². The summed E-state index contributed by atoms with van der Waals surface area (Å²) in [6.45, 7) is 7.54. The minimum absolute atomic E-state index is 0.138. The monoisotopic (exact) mass is 273 g/mol. The topological polar surface area (TPSA) is 47.6 Å². The Labute approximate surface area is 118 Å². The van der Waals surface area contributed by atoms with Gasteiger partial charge in [-0.2, -0.15) is 0 Å². The van der Waals surface area contributed by atoms with Crippen LogP contribution in [0.25, 0.3) is 0 Å². The van der Waals surface area contributed by atoms with E-state index in [9.17, 15) is 4.79 Å². The molecule has 0 heterocycles. The van der Waals surface area contributed by atoms with E-state index in [4.69, 9.17) is 9.47 Å². The van der Waals surface area contributed by atoms with E-state index in [1.54, 1.807) is 0 Å². The zero-order chi connectivity index (χ0) is 14.2. The number of carbonyl (C=O) groups excluding carboxylic acids is 1. The second-order valence-electron chi connectivity index (χ2n) is 4.74. The summed E-state index contributed by atoms with van der Waals surface area (Å²) in [5.74, 6) is 0.138. The zero-order valence-electron chi connectivity index (χ0n) is 12.7. The van der Waals surface area contributed by atoms with Crippen LogP contribution in [-0.4, -0.2) is 38.9 Å². The summed E-state index contributed by atoms with van der Waals surface area (Å²) in [7, 11) is 0. The summed E-state index contributed by atoms with van der Waals surface area (Å²) in [5.41, 5.74) is 0. The molecule has 0 rings (SSSR count). The zero-order valence-corrected chi connectivity index (χ0v) is 12.7. The molecule has 0 aliphatic carbocycles. The number of rotatable bonds is 14. The van der Waals surface area contributed by atoms with Gasteiger partial charge in [0.1, 0.15) is 0 Å². The first-order valence-corrected chi connectivity index (χ1v) is 7.73. The standard InChI is InChI=1S/C15H31NO3/c1-3-5-7-8-9-15(17)16-10-12-19-14-13-18-11-6-4-2/h3-14H2,1-2H3,(H,16,17). The fourth-order valence-electron chi connectivity index (χ4n) is 1.63. The first-order chi connectivity index (χ1) is 9.31. The van der Waals surface area contributed by atoms with Gasteiger partial charge < -0.3 is 14.8 Å². The van der Waals surface area contributed by atoms with Crippen LogP contribution < -0.4 is 5.32 Å². The third-order valence-electron chi connectivity index (χ3n) is 2.84. The highest BCUT2D eigenvalue weighted by molar-refractivity contribution is 5.75. The van der Waals surface area contributed by atoms with Crippen molar-refractivity contribution >= 4 is 5.91 Å². The van der Waals surface area contributed by atoms with E-state index in [2.05, 4.69) is 19.2 Å². The van der Waals surface area contributed by atoms with Crippen molar-refractivity contribution in [1.29, 1.82) is 0 Å². The highest BCUT2D eigenvalue weighted by Gasteiger charge is 1.99. The van der Waals surface area contributed by atoms with Crippen molar-refractivity contribution in [2.24, 2.45) is 0 Å². The number of ether oxygens (including phenoxy) is 2. The molecule has 4 nitrogen and oxygen atoms in total. The van der Waals surface area contributed by atoms with Gasteiger partial charge in [-0.25, -0.2) is 0 Å². The Hall–Kier alpha value is -0.610. The molecule has 0 bridgehead atoms. The minimum Gasteiger partial charge on any atom is -0.379 e. The van der Waals surface area contributed by atoms with Crippen LogP contribution in [0.3, 0.4) is 0 Å². The van der Waals surface area contributed by atoms with E-state index in [0.717, 1.165) is 32.3 Å². The van der Waals surface area contributed by atoms with Crippen molar-refractivity contribution < 1.29 is 14.3 Å². The lowest BCUT2D eigenvalue weighted by atomic mass is 10.1. The Morgan fingerprint density at radius 2 is 1.53 bits per heavy atom. The highest BCUT2D eigenvalue weighted by Crippen LogP contribution is 2.01. The predicted octanol–water partition coefficient (Wildman–Crippen LogP) is 2.91. The van der Waals surface area contributed by atoms with Crippen LogP contribution in [0, 0.1) is 0 Å². The summed E-state index contributed by atoms with van der Waals surface area (Å²) < 4.78 is 10.7. The first kappa shape index (κ1) is 18.4. The number of hydrogen-bond donors (Lipinski definition) is 1. The number of amides is 1. The van der Waals surface area contributed by atoms with Crippen LogP contribution in [0.2, 0.25) is 0 Å². The van der Waals surface area contributed by atoms with E-state index in [1.807, 2.05) is 0 Å². The summed E-state index contributed by atoms with van der Waals surface area (Å²) in [5, 5.41) is 2.87. The largest absolute Gasteiger partial charge is 0.379 e. The van der Waals surface area contributed by atoms with Gasteiger partial charge in [0.25, 0.3) is 0 Å². The Morgan fingerprint density at radius 3 is 2.21 bits per heavy atom. The maximum absolute atomic E-state index is 11.4. The molecule has 0 saturated carbocycles. The number of carbonyl (C=O) groups is 1. The predicted molar refractivity (Wildman–Crippen MR) is 78.3 cm³/mol. The molecule has 0 aromatic heterocycles. The van der Waals surface area contributed by atoms with Gasteiger partial charge in [0.05, 0.1) is 19.8 Å². The lowest BCUT2D eigenvalue weighted by Crippen LogP contribution is -2.27. The van der Waals surface area contributed by atoms with Crippen LogP contribution in [0.1, 0.15) is 58.8 Å². The van der Waals surface area contributed by atoms with Gasteiger partial charge in [0.2, 0.25) is 5.91 Å². The molecular weight excluding hydrogens is 242 g/mol. The SMILES string of the molecule is CCCCCCC(=O)NCCOCCOCCCC. The summed E-state index contributed by atoms with van der Waals surface area (Å²) in [4.78, 5) is 11.4. The molecule has 114 valence electrons. The van der Waals surface area contributed by atoms with Crippen LogP contribution >= 0.6 is 0 Å². The maximum Gasteiger partial charge on any atom is 0.220 e. The highest BCUT2D eigenvalue weighted by atomic mass is 16.5. The molecule has 0 atom stereocenters. The van der Waals surface area contributed by atoms with E-state index in [-0.39, 0.29) is 5.91 Å². The fourth-order valence-corrected chi connectivity index (χ4v) is 1.63. The molecule has 1 amide bonds. The van der Waals surface area contributed by atoms with Crippen LogP contribution in [-0.2, 0) is 14.3 Å². The Morgan fingerprint density at radius 1 is 0.842 bits per heavy atom. The average molecular weight is 273 g/mol.